The van der Waals surface area contributed by atoms with Crippen LogP contribution in [0.4, 0.5) is 0 Å². The van der Waals surface area contributed by atoms with Gasteiger partial charge in [-0.3, -0.25) is 0 Å². The van der Waals surface area contributed by atoms with Crippen molar-refractivity contribution in [2.45, 2.75) is 26.4 Å². The zero-order chi connectivity index (χ0) is 9.97. The maximum absolute atomic E-state index is 5.23. The quantitative estimate of drug-likeness (QED) is 0.807. The van der Waals surface area contributed by atoms with Gasteiger partial charge in [-0.25, -0.2) is 4.98 Å². The number of oxazole rings is 1. The molecule has 0 fully saturated rings. The summed E-state index contributed by atoms with van der Waals surface area (Å²) in [5.41, 5.74) is 2.99. The van der Waals surface area contributed by atoms with Crippen LogP contribution in [0.15, 0.2) is 29.0 Å². The molecule has 74 valence electrons. The molecule has 0 radical (unpaired) electrons. The van der Waals surface area contributed by atoms with Crippen LogP contribution >= 0.6 is 0 Å². The van der Waals surface area contributed by atoms with Crippen molar-refractivity contribution < 1.29 is 4.42 Å². The van der Waals surface area contributed by atoms with Crippen LogP contribution in [0.3, 0.4) is 0 Å². The van der Waals surface area contributed by atoms with E-state index < -0.39 is 0 Å². The summed E-state index contributed by atoms with van der Waals surface area (Å²) in [5, 5.41) is 3.36. The van der Waals surface area contributed by atoms with Gasteiger partial charge in [0, 0.05) is 12.6 Å². The van der Waals surface area contributed by atoms with Gasteiger partial charge in [0.05, 0.1) is 0 Å². The molecular weight excluding hydrogens is 176 g/mol. The highest BCUT2D eigenvalue weighted by Crippen LogP contribution is 2.13. The van der Waals surface area contributed by atoms with Crippen LogP contribution in [0.25, 0.3) is 11.1 Å². The summed E-state index contributed by atoms with van der Waals surface area (Å²) in [6, 6.07) is 6.58. The number of aromatic nitrogens is 1. The van der Waals surface area contributed by atoms with Gasteiger partial charge in [0.15, 0.2) is 12.0 Å². The van der Waals surface area contributed by atoms with Gasteiger partial charge in [-0.05, 0) is 17.7 Å². The third-order valence-corrected chi connectivity index (χ3v) is 2.11. The fraction of sp³-hybridized carbons (Fsp3) is 0.364. The number of nitrogens with zero attached hydrogens (tertiary/aromatic N) is 1. The molecule has 0 aliphatic heterocycles. The minimum absolute atomic E-state index is 0.500. The minimum Gasteiger partial charge on any atom is -0.443 e. The van der Waals surface area contributed by atoms with Crippen molar-refractivity contribution >= 4 is 11.1 Å². The molecule has 1 aromatic carbocycles. The van der Waals surface area contributed by atoms with E-state index >= 15 is 0 Å². The fourth-order valence-electron chi connectivity index (χ4n) is 1.33. The van der Waals surface area contributed by atoms with Crippen molar-refractivity contribution in [3.05, 3.63) is 30.2 Å². The lowest BCUT2D eigenvalue weighted by atomic mass is 10.2. The Morgan fingerprint density at radius 1 is 1.43 bits per heavy atom. The maximum Gasteiger partial charge on any atom is 0.181 e. The van der Waals surface area contributed by atoms with Crippen molar-refractivity contribution in [3.8, 4) is 0 Å². The summed E-state index contributed by atoms with van der Waals surface area (Å²) >= 11 is 0. The molecule has 0 atom stereocenters. The second kappa shape index (κ2) is 3.80. The SMILES string of the molecule is CC(C)NCc1ccc2ncoc2c1. The second-order valence-corrected chi connectivity index (χ2v) is 3.69. The number of nitrogens with one attached hydrogen (secondary N) is 1. The average molecular weight is 190 g/mol. The van der Waals surface area contributed by atoms with E-state index in [9.17, 15) is 0 Å². The molecule has 0 amide bonds. The van der Waals surface area contributed by atoms with Gasteiger partial charge in [0.2, 0.25) is 0 Å². The van der Waals surface area contributed by atoms with Crippen LogP contribution in [-0.4, -0.2) is 11.0 Å². The lowest BCUT2D eigenvalue weighted by Crippen LogP contribution is -2.21. The van der Waals surface area contributed by atoms with Crippen molar-refractivity contribution in [2.75, 3.05) is 0 Å². The molecule has 3 heteroatoms. The zero-order valence-corrected chi connectivity index (χ0v) is 8.45. The normalized spacial score (nSPS) is 11.4. The third kappa shape index (κ3) is 1.93. The summed E-state index contributed by atoms with van der Waals surface area (Å²) < 4.78 is 5.23. The predicted molar refractivity (Wildman–Crippen MR) is 56.0 cm³/mol. The summed E-state index contributed by atoms with van der Waals surface area (Å²) in [6.45, 7) is 5.13. The molecule has 0 unspecified atom stereocenters. The molecule has 1 N–H and O–H groups in total. The Morgan fingerprint density at radius 2 is 2.29 bits per heavy atom. The minimum atomic E-state index is 0.500. The van der Waals surface area contributed by atoms with E-state index in [2.05, 4.69) is 30.2 Å². The first-order chi connectivity index (χ1) is 6.75. The molecule has 1 aromatic heterocycles. The zero-order valence-electron chi connectivity index (χ0n) is 8.45. The van der Waals surface area contributed by atoms with E-state index in [1.807, 2.05) is 12.1 Å². The molecule has 0 aliphatic rings. The largest absolute Gasteiger partial charge is 0.443 e. The summed E-state index contributed by atoms with van der Waals surface area (Å²) in [5.74, 6) is 0. The number of hydrogen-bond donors (Lipinski definition) is 1. The Hall–Kier alpha value is -1.35. The van der Waals surface area contributed by atoms with Gasteiger partial charge in [0.1, 0.15) is 5.52 Å². The molecule has 0 bridgehead atoms. The molecule has 0 saturated carbocycles. The summed E-state index contributed by atoms with van der Waals surface area (Å²) in [6.07, 6.45) is 1.48. The molecule has 0 spiro atoms. The van der Waals surface area contributed by atoms with Gasteiger partial charge in [-0.15, -0.1) is 0 Å². The summed E-state index contributed by atoms with van der Waals surface area (Å²) in [4.78, 5) is 4.07. The average Bonchev–Trinajstić information content (AvgIpc) is 2.61. The number of hydrogen-bond acceptors (Lipinski definition) is 3. The first-order valence-corrected chi connectivity index (χ1v) is 4.81. The van der Waals surface area contributed by atoms with Gasteiger partial charge in [-0.2, -0.15) is 0 Å². The lowest BCUT2D eigenvalue weighted by Gasteiger charge is -2.07. The highest BCUT2D eigenvalue weighted by molar-refractivity contribution is 5.72. The predicted octanol–water partition coefficient (Wildman–Crippen LogP) is 2.33. The molecule has 0 aliphatic carbocycles. The molecule has 3 nitrogen and oxygen atoms in total. The molecule has 14 heavy (non-hydrogen) atoms. The highest BCUT2D eigenvalue weighted by atomic mass is 16.3. The van der Waals surface area contributed by atoms with E-state index in [4.69, 9.17) is 4.42 Å². The van der Waals surface area contributed by atoms with Gasteiger partial charge < -0.3 is 9.73 Å². The van der Waals surface area contributed by atoms with E-state index in [-0.39, 0.29) is 0 Å². The first kappa shape index (κ1) is 9.21. The van der Waals surface area contributed by atoms with Crippen LogP contribution in [0, 0.1) is 0 Å². The Labute approximate surface area is 83.1 Å². The Kier molecular flexibility index (Phi) is 2.50. The van der Waals surface area contributed by atoms with Gasteiger partial charge in [0.25, 0.3) is 0 Å². The van der Waals surface area contributed by atoms with Crippen molar-refractivity contribution in [2.24, 2.45) is 0 Å². The second-order valence-electron chi connectivity index (χ2n) is 3.69. The van der Waals surface area contributed by atoms with E-state index in [1.54, 1.807) is 0 Å². The molecule has 0 saturated heterocycles. The number of benzene rings is 1. The fourth-order valence-corrected chi connectivity index (χ4v) is 1.33. The van der Waals surface area contributed by atoms with Crippen LogP contribution < -0.4 is 5.32 Å². The van der Waals surface area contributed by atoms with Crippen molar-refractivity contribution in [1.82, 2.24) is 10.3 Å². The standard InChI is InChI=1S/C11H14N2O/c1-8(2)12-6-9-3-4-10-11(5-9)14-7-13-10/h3-5,7-8,12H,6H2,1-2H3. The van der Waals surface area contributed by atoms with Crippen LogP contribution in [0.1, 0.15) is 19.4 Å². The maximum atomic E-state index is 5.23. The molecular formula is C11H14N2O. The van der Waals surface area contributed by atoms with Gasteiger partial charge in [-0.1, -0.05) is 19.9 Å². The third-order valence-electron chi connectivity index (χ3n) is 2.11. The van der Waals surface area contributed by atoms with E-state index in [0.29, 0.717) is 6.04 Å². The van der Waals surface area contributed by atoms with Crippen LogP contribution in [0.2, 0.25) is 0 Å². The van der Waals surface area contributed by atoms with Gasteiger partial charge >= 0.3 is 0 Å². The number of rotatable bonds is 3. The summed E-state index contributed by atoms with van der Waals surface area (Å²) in [7, 11) is 0. The highest BCUT2D eigenvalue weighted by Gasteiger charge is 2.00. The van der Waals surface area contributed by atoms with Crippen LogP contribution in [-0.2, 0) is 6.54 Å². The molecule has 1 heterocycles. The molecule has 2 aromatic rings. The lowest BCUT2D eigenvalue weighted by molar-refractivity contribution is 0.584. The molecule has 2 rings (SSSR count). The topological polar surface area (TPSA) is 38.1 Å². The van der Waals surface area contributed by atoms with E-state index in [1.165, 1.54) is 12.0 Å². The monoisotopic (exact) mass is 190 g/mol. The van der Waals surface area contributed by atoms with Crippen molar-refractivity contribution in [1.29, 1.82) is 0 Å². The Morgan fingerprint density at radius 3 is 3.07 bits per heavy atom. The number of fused-ring (bicyclic) bond motifs is 1. The van der Waals surface area contributed by atoms with Crippen LogP contribution in [0.5, 0.6) is 0 Å². The van der Waals surface area contributed by atoms with Crippen molar-refractivity contribution in [3.63, 3.8) is 0 Å². The smallest absolute Gasteiger partial charge is 0.181 e. The van der Waals surface area contributed by atoms with E-state index in [0.717, 1.165) is 17.6 Å². The Balaban J connectivity index is 2.17. The first-order valence-electron chi connectivity index (χ1n) is 4.81. The Bertz CT molecular complexity index is 420.